The van der Waals surface area contributed by atoms with Crippen LogP contribution in [0.5, 0.6) is 0 Å². The van der Waals surface area contributed by atoms with Crippen LogP contribution in [0.1, 0.15) is 63.9 Å². The van der Waals surface area contributed by atoms with Gasteiger partial charge in [-0.2, -0.15) is 0 Å². The summed E-state index contributed by atoms with van der Waals surface area (Å²) in [5.41, 5.74) is 6.50. The molecule has 0 aliphatic heterocycles. The van der Waals surface area contributed by atoms with Crippen molar-refractivity contribution in [3.05, 3.63) is 35.9 Å². The summed E-state index contributed by atoms with van der Waals surface area (Å²) in [7, 11) is 0. The van der Waals surface area contributed by atoms with Crippen LogP contribution in [0.3, 0.4) is 0 Å². The molecule has 2 aliphatic carbocycles. The zero-order valence-corrected chi connectivity index (χ0v) is 19.3. The summed E-state index contributed by atoms with van der Waals surface area (Å²) in [4.78, 5) is 49.9. The van der Waals surface area contributed by atoms with Crippen LogP contribution in [0.4, 0.5) is 0 Å². The zero-order valence-electron chi connectivity index (χ0n) is 19.3. The molecule has 0 aromatic heterocycles. The molecule has 0 bridgehead atoms. The Morgan fingerprint density at radius 2 is 1.45 bits per heavy atom. The van der Waals surface area contributed by atoms with E-state index in [0.29, 0.717) is 25.7 Å². The van der Waals surface area contributed by atoms with Gasteiger partial charge in [0.1, 0.15) is 6.04 Å². The minimum absolute atomic E-state index is 0.128. The summed E-state index contributed by atoms with van der Waals surface area (Å²) in [6, 6.07) is 8.25. The number of nitrogens with one attached hydrogen (secondary N) is 3. The van der Waals surface area contributed by atoms with Gasteiger partial charge in [-0.25, -0.2) is 0 Å². The molecular formula is C25H36N4O4. The lowest BCUT2D eigenvalue weighted by Gasteiger charge is -2.35. The van der Waals surface area contributed by atoms with Crippen LogP contribution >= 0.6 is 0 Å². The van der Waals surface area contributed by atoms with Gasteiger partial charge >= 0.3 is 0 Å². The van der Waals surface area contributed by atoms with Crippen molar-refractivity contribution in [2.45, 2.75) is 82.8 Å². The number of hydrogen-bond donors (Lipinski definition) is 4. The molecule has 4 unspecified atom stereocenters. The number of amides is 4. The molecule has 5 N–H and O–H groups in total. The maximum absolute atomic E-state index is 13.2. The SMILES string of the molecule is CC(=O)N[C@H](Cc1ccccc1)C(=O)NC1CCCCC1C(=O)NC1CCCCC1C(N)=O. The molecule has 0 heterocycles. The van der Waals surface area contributed by atoms with Gasteiger partial charge in [0.05, 0.1) is 11.8 Å². The summed E-state index contributed by atoms with van der Waals surface area (Å²) in [6.07, 6.45) is 6.91. The highest BCUT2D eigenvalue weighted by atomic mass is 16.2. The van der Waals surface area contributed by atoms with E-state index < -0.39 is 6.04 Å². The highest BCUT2D eigenvalue weighted by Gasteiger charge is 2.37. The van der Waals surface area contributed by atoms with E-state index in [4.69, 9.17) is 5.73 Å². The fourth-order valence-electron chi connectivity index (χ4n) is 5.14. The van der Waals surface area contributed by atoms with Crippen molar-refractivity contribution >= 4 is 23.6 Å². The summed E-state index contributed by atoms with van der Waals surface area (Å²) in [6.45, 7) is 1.39. The highest BCUT2D eigenvalue weighted by Crippen LogP contribution is 2.28. The van der Waals surface area contributed by atoms with Crippen LogP contribution in [-0.2, 0) is 25.6 Å². The second-order valence-electron chi connectivity index (χ2n) is 9.36. The molecule has 33 heavy (non-hydrogen) atoms. The second kappa shape index (κ2) is 11.8. The quantitative estimate of drug-likeness (QED) is 0.473. The summed E-state index contributed by atoms with van der Waals surface area (Å²) >= 11 is 0. The molecule has 0 spiro atoms. The van der Waals surface area contributed by atoms with Gasteiger partial charge in [-0.3, -0.25) is 19.2 Å². The van der Waals surface area contributed by atoms with E-state index in [1.807, 2.05) is 30.3 Å². The van der Waals surface area contributed by atoms with Crippen LogP contribution < -0.4 is 21.7 Å². The van der Waals surface area contributed by atoms with Crippen molar-refractivity contribution in [3.8, 4) is 0 Å². The Balaban J connectivity index is 1.66. The third-order valence-electron chi connectivity index (χ3n) is 6.87. The smallest absolute Gasteiger partial charge is 0.243 e. The van der Waals surface area contributed by atoms with Gasteiger partial charge in [0.15, 0.2) is 0 Å². The average molecular weight is 457 g/mol. The van der Waals surface area contributed by atoms with Crippen LogP contribution in [0.15, 0.2) is 30.3 Å². The van der Waals surface area contributed by atoms with Crippen molar-refractivity contribution in [2.75, 3.05) is 0 Å². The van der Waals surface area contributed by atoms with E-state index in [1.165, 1.54) is 6.92 Å². The van der Waals surface area contributed by atoms with E-state index in [-0.39, 0.29) is 47.5 Å². The maximum atomic E-state index is 13.2. The highest BCUT2D eigenvalue weighted by molar-refractivity contribution is 5.88. The van der Waals surface area contributed by atoms with Gasteiger partial charge in [-0.1, -0.05) is 56.0 Å². The first-order chi connectivity index (χ1) is 15.8. The Bertz CT molecular complexity index is 844. The average Bonchev–Trinajstić information content (AvgIpc) is 2.79. The van der Waals surface area contributed by atoms with Gasteiger partial charge < -0.3 is 21.7 Å². The summed E-state index contributed by atoms with van der Waals surface area (Å²) < 4.78 is 0. The number of nitrogens with two attached hydrogens (primary N) is 1. The summed E-state index contributed by atoms with van der Waals surface area (Å²) in [5, 5.41) is 8.85. The van der Waals surface area contributed by atoms with Gasteiger partial charge in [-0.15, -0.1) is 0 Å². The van der Waals surface area contributed by atoms with Crippen molar-refractivity contribution in [1.82, 2.24) is 16.0 Å². The third kappa shape index (κ3) is 7.04. The standard InChI is InChI=1S/C25H36N4O4/c1-16(30)27-22(15-17-9-3-2-4-10-17)25(33)29-21-14-8-6-12-19(21)24(32)28-20-13-7-5-11-18(20)23(26)31/h2-4,9-10,18-22H,5-8,11-15H2,1H3,(H2,26,31)(H,27,30)(H,28,32)(H,29,33)/t18?,19?,20?,21?,22-/m1/s1. The molecule has 3 rings (SSSR count). The van der Waals surface area contributed by atoms with Gasteiger partial charge in [-0.05, 0) is 31.2 Å². The second-order valence-corrected chi connectivity index (χ2v) is 9.36. The Morgan fingerprint density at radius 3 is 2.06 bits per heavy atom. The maximum Gasteiger partial charge on any atom is 0.243 e. The van der Waals surface area contributed by atoms with E-state index in [1.54, 1.807) is 0 Å². The molecule has 5 atom stereocenters. The lowest BCUT2D eigenvalue weighted by molar-refractivity contribution is -0.132. The van der Waals surface area contributed by atoms with E-state index >= 15 is 0 Å². The summed E-state index contributed by atoms with van der Waals surface area (Å²) in [5.74, 6) is -1.77. The lowest BCUT2D eigenvalue weighted by atomic mass is 9.81. The molecule has 8 heteroatoms. The molecule has 2 aliphatic rings. The molecule has 4 amide bonds. The van der Waals surface area contributed by atoms with Crippen LogP contribution in [0, 0.1) is 11.8 Å². The monoisotopic (exact) mass is 456 g/mol. The number of hydrogen-bond acceptors (Lipinski definition) is 4. The van der Waals surface area contributed by atoms with E-state index in [2.05, 4.69) is 16.0 Å². The van der Waals surface area contributed by atoms with Gasteiger partial charge in [0.25, 0.3) is 0 Å². The number of rotatable bonds is 8. The Hall–Kier alpha value is -2.90. The Kier molecular flexibility index (Phi) is 8.86. The van der Waals surface area contributed by atoms with Crippen LogP contribution in [0.25, 0.3) is 0 Å². The molecule has 2 fully saturated rings. The lowest BCUT2D eigenvalue weighted by Crippen LogP contribution is -2.56. The molecule has 0 radical (unpaired) electrons. The Morgan fingerprint density at radius 1 is 0.879 bits per heavy atom. The molecule has 1 aromatic rings. The molecule has 0 saturated heterocycles. The van der Waals surface area contributed by atoms with E-state index in [0.717, 1.165) is 37.7 Å². The first-order valence-electron chi connectivity index (χ1n) is 12.1. The number of carbonyl (C=O) groups is 4. The molecule has 8 nitrogen and oxygen atoms in total. The fraction of sp³-hybridized carbons (Fsp3) is 0.600. The largest absolute Gasteiger partial charge is 0.369 e. The topological polar surface area (TPSA) is 130 Å². The molecular weight excluding hydrogens is 420 g/mol. The van der Waals surface area contributed by atoms with Gasteiger partial charge in [0, 0.05) is 25.4 Å². The number of benzene rings is 1. The minimum atomic E-state index is -0.715. The number of carbonyl (C=O) groups excluding carboxylic acids is 4. The van der Waals surface area contributed by atoms with Crippen LogP contribution in [0.2, 0.25) is 0 Å². The van der Waals surface area contributed by atoms with Crippen molar-refractivity contribution in [3.63, 3.8) is 0 Å². The predicted octanol–water partition coefficient (Wildman–Crippen LogP) is 1.57. The Labute approximate surface area is 195 Å². The number of primary amides is 1. The minimum Gasteiger partial charge on any atom is -0.369 e. The fourth-order valence-corrected chi connectivity index (χ4v) is 5.14. The van der Waals surface area contributed by atoms with E-state index in [9.17, 15) is 19.2 Å². The van der Waals surface area contributed by atoms with Gasteiger partial charge in [0.2, 0.25) is 23.6 Å². The molecule has 1 aromatic carbocycles. The van der Waals surface area contributed by atoms with Crippen molar-refractivity contribution < 1.29 is 19.2 Å². The third-order valence-corrected chi connectivity index (χ3v) is 6.87. The molecule has 180 valence electrons. The van der Waals surface area contributed by atoms with Crippen molar-refractivity contribution in [2.24, 2.45) is 17.6 Å². The molecule has 2 saturated carbocycles. The zero-order chi connectivity index (χ0) is 23.8. The first kappa shape index (κ1) is 24.7. The normalized spacial score (nSPS) is 26.0. The van der Waals surface area contributed by atoms with Crippen molar-refractivity contribution in [1.29, 1.82) is 0 Å². The first-order valence-corrected chi connectivity index (χ1v) is 12.1. The predicted molar refractivity (Wildman–Crippen MR) is 125 cm³/mol. The van der Waals surface area contributed by atoms with Crippen LogP contribution in [-0.4, -0.2) is 41.8 Å².